The molecule has 0 radical (unpaired) electrons. The summed E-state index contributed by atoms with van der Waals surface area (Å²) in [5.41, 5.74) is 2.28. The van der Waals surface area contributed by atoms with E-state index >= 15 is 0 Å². The number of hydrogen-bond donors (Lipinski definition) is 1. The van der Waals surface area contributed by atoms with Crippen LogP contribution in [-0.4, -0.2) is 22.5 Å². The van der Waals surface area contributed by atoms with Crippen LogP contribution in [0.25, 0.3) is 11.0 Å². The highest BCUT2D eigenvalue weighted by atomic mass is 32.2. The van der Waals surface area contributed by atoms with E-state index in [-0.39, 0.29) is 4.90 Å². The van der Waals surface area contributed by atoms with E-state index < -0.39 is 10.1 Å². The zero-order valence-electron chi connectivity index (χ0n) is 10.5. The van der Waals surface area contributed by atoms with Crippen LogP contribution in [0.4, 0.5) is 0 Å². The Kier molecular flexibility index (Phi) is 3.04. The molecule has 102 valence electrons. The van der Waals surface area contributed by atoms with Crippen molar-refractivity contribution in [3.63, 3.8) is 0 Å². The van der Waals surface area contributed by atoms with Gasteiger partial charge in [0.2, 0.25) is 0 Å². The Hall–Kier alpha value is -2.18. The Bertz CT molecular complexity index is 869. The summed E-state index contributed by atoms with van der Waals surface area (Å²) < 4.78 is 33.9. The summed E-state index contributed by atoms with van der Waals surface area (Å²) in [6.45, 7) is 0.330. The van der Waals surface area contributed by atoms with E-state index in [0.717, 1.165) is 11.0 Å². The fraction of sp³-hybridized carbons (Fsp3) is 0.0714. The van der Waals surface area contributed by atoms with Crippen LogP contribution in [0.2, 0.25) is 0 Å². The third kappa shape index (κ3) is 2.31. The number of rotatable bonds is 3. The van der Waals surface area contributed by atoms with Crippen LogP contribution >= 0.6 is 0 Å². The van der Waals surface area contributed by atoms with Crippen molar-refractivity contribution in [3.05, 3.63) is 60.4 Å². The molecule has 5 nitrogen and oxygen atoms in total. The normalized spacial score (nSPS) is 11.8. The van der Waals surface area contributed by atoms with Gasteiger partial charge in [0.25, 0.3) is 10.1 Å². The zero-order chi connectivity index (χ0) is 14.2. The van der Waals surface area contributed by atoms with Gasteiger partial charge in [-0.1, -0.05) is 30.3 Å². The van der Waals surface area contributed by atoms with Crippen LogP contribution in [0, 0.1) is 0 Å². The van der Waals surface area contributed by atoms with E-state index in [1.54, 1.807) is 24.5 Å². The molecule has 0 saturated heterocycles. The molecule has 0 spiro atoms. The van der Waals surface area contributed by atoms with E-state index in [4.69, 9.17) is 0 Å². The fourth-order valence-corrected chi connectivity index (χ4v) is 2.92. The number of aromatic nitrogens is 2. The van der Waals surface area contributed by atoms with E-state index in [1.807, 2.05) is 28.8 Å². The van der Waals surface area contributed by atoms with Crippen LogP contribution in [0.1, 0.15) is 5.56 Å². The number of fused-ring (bicyclic) bond motifs is 1. The highest BCUT2D eigenvalue weighted by Gasteiger charge is 2.15. The van der Waals surface area contributed by atoms with Crippen molar-refractivity contribution < 1.29 is 13.0 Å². The standard InChI is InChI=1S/C14H12N2O3S/c17-20(18,19)14-8-4-1-5-11(14)9-16-10-15-12-6-2-3-7-13(12)16/h1-8,10H,9H2,(H,17,18,19). The molecule has 2 aromatic carbocycles. The number of para-hydroxylation sites is 2. The van der Waals surface area contributed by atoms with Crippen molar-refractivity contribution in [1.29, 1.82) is 0 Å². The third-order valence-corrected chi connectivity index (χ3v) is 4.07. The van der Waals surface area contributed by atoms with Crippen LogP contribution in [0.5, 0.6) is 0 Å². The van der Waals surface area contributed by atoms with Crippen molar-refractivity contribution in [1.82, 2.24) is 9.55 Å². The molecule has 0 unspecified atom stereocenters. The third-order valence-electron chi connectivity index (χ3n) is 3.12. The molecule has 0 saturated carbocycles. The van der Waals surface area contributed by atoms with Crippen LogP contribution < -0.4 is 0 Å². The first-order valence-electron chi connectivity index (χ1n) is 6.01. The quantitative estimate of drug-likeness (QED) is 0.751. The van der Waals surface area contributed by atoms with Gasteiger partial charge in [-0.05, 0) is 23.8 Å². The molecule has 0 atom stereocenters. The molecular weight excluding hydrogens is 276 g/mol. The Morgan fingerprint density at radius 1 is 1.05 bits per heavy atom. The molecule has 3 rings (SSSR count). The molecule has 1 aromatic heterocycles. The summed E-state index contributed by atoms with van der Waals surface area (Å²) in [6.07, 6.45) is 1.66. The maximum Gasteiger partial charge on any atom is 0.294 e. The molecule has 0 amide bonds. The van der Waals surface area contributed by atoms with Crippen molar-refractivity contribution in [3.8, 4) is 0 Å². The Labute approximate surface area is 116 Å². The lowest BCUT2D eigenvalue weighted by Gasteiger charge is -2.08. The zero-order valence-corrected chi connectivity index (χ0v) is 11.3. The molecule has 0 fully saturated rings. The van der Waals surface area contributed by atoms with Crippen LogP contribution in [-0.2, 0) is 16.7 Å². The second-order valence-corrected chi connectivity index (χ2v) is 5.83. The minimum absolute atomic E-state index is 0.0715. The number of benzene rings is 2. The highest BCUT2D eigenvalue weighted by Crippen LogP contribution is 2.19. The van der Waals surface area contributed by atoms with Gasteiger partial charge >= 0.3 is 0 Å². The number of imidazole rings is 1. The summed E-state index contributed by atoms with van der Waals surface area (Å²) in [4.78, 5) is 4.19. The largest absolute Gasteiger partial charge is 0.326 e. The minimum atomic E-state index is -4.22. The smallest absolute Gasteiger partial charge is 0.294 e. The summed E-state index contributed by atoms with van der Waals surface area (Å²) in [5.74, 6) is 0. The van der Waals surface area contributed by atoms with Gasteiger partial charge in [-0.3, -0.25) is 4.55 Å². The van der Waals surface area contributed by atoms with Gasteiger partial charge in [0, 0.05) is 0 Å². The monoisotopic (exact) mass is 288 g/mol. The van der Waals surface area contributed by atoms with Gasteiger partial charge in [-0.2, -0.15) is 8.42 Å². The maximum atomic E-state index is 11.4. The average molecular weight is 288 g/mol. The SMILES string of the molecule is O=S(=O)(O)c1ccccc1Cn1cnc2ccccc21. The van der Waals surface area contributed by atoms with Crippen LogP contribution in [0.15, 0.2) is 59.8 Å². The highest BCUT2D eigenvalue weighted by molar-refractivity contribution is 7.85. The van der Waals surface area contributed by atoms with Crippen molar-refractivity contribution >= 4 is 21.2 Å². The Morgan fingerprint density at radius 3 is 2.55 bits per heavy atom. The number of hydrogen-bond acceptors (Lipinski definition) is 3. The van der Waals surface area contributed by atoms with Gasteiger partial charge in [0.05, 0.1) is 28.8 Å². The number of nitrogens with zero attached hydrogens (tertiary/aromatic N) is 2. The minimum Gasteiger partial charge on any atom is -0.326 e. The second kappa shape index (κ2) is 4.73. The van der Waals surface area contributed by atoms with E-state index in [2.05, 4.69) is 4.98 Å². The van der Waals surface area contributed by atoms with Gasteiger partial charge in [0.15, 0.2) is 0 Å². The topological polar surface area (TPSA) is 72.2 Å². The molecule has 20 heavy (non-hydrogen) atoms. The predicted octanol–water partition coefficient (Wildman–Crippen LogP) is 2.33. The lowest BCUT2D eigenvalue weighted by molar-refractivity contribution is 0.481. The molecule has 1 heterocycles. The molecule has 0 aliphatic heterocycles. The lowest BCUT2D eigenvalue weighted by atomic mass is 10.2. The fourth-order valence-electron chi connectivity index (χ4n) is 2.21. The summed E-state index contributed by atoms with van der Waals surface area (Å²) in [7, 11) is -4.22. The Balaban J connectivity index is 2.08. The van der Waals surface area contributed by atoms with Gasteiger partial charge in [-0.15, -0.1) is 0 Å². The van der Waals surface area contributed by atoms with Crippen LogP contribution in [0.3, 0.4) is 0 Å². The first-order chi connectivity index (χ1) is 9.55. The first kappa shape index (κ1) is 12.8. The molecular formula is C14H12N2O3S. The Morgan fingerprint density at radius 2 is 1.75 bits per heavy atom. The lowest BCUT2D eigenvalue weighted by Crippen LogP contribution is -2.06. The molecule has 1 N–H and O–H groups in total. The maximum absolute atomic E-state index is 11.4. The van der Waals surface area contributed by atoms with Gasteiger partial charge < -0.3 is 4.57 Å². The molecule has 0 bridgehead atoms. The molecule has 0 aliphatic rings. The van der Waals surface area contributed by atoms with Gasteiger partial charge in [0.1, 0.15) is 0 Å². The summed E-state index contributed by atoms with van der Waals surface area (Å²) in [5, 5.41) is 0. The van der Waals surface area contributed by atoms with Gasteiger partial charge in [-0.25, -0.2) is 4.98 Å². The van der Waals surface area contributed by atoms with E-state index in [1.165, 1.54) is 6.07 Å². The first-order valence-corrected chi connectivity index (χ1v) is 7.45. The van der Waals surface area contributed by atoms with E-state index in [9.17, 15) is 13.0 Å². The van der Waals surface area contributed by atoms with Crippen molar-refractivity contribution in [2.45, 2.75) is 11.4 Å². The molecule has 0 aliphatic carbocycles. The van der Waals surface area contributed by atoms with Crippen molar-refractivity contribution in [2.24, 2.45) is 0 Å². The second-order valence-electron chi connectivity index (χ2n) is 4.44. The van der Waals surface area contributed by atoms with Crippen molar-refractivity contribution in [2.75, 3.05) is 0 Å². The molecule has 3 aromatic rings. The van der Waals surface area contributed by atoms with E-state index in [0.29, 0.717) is 12.1 Å². The summed E-state index contributed by atoms with van der Waals surface area (Å²) >= 11 is 0. The summed E-state index contributed by atoms with van der Waals surface area (Å²) in [6, 6.07) is 14.0. The molecule has 6 heteroatoms. The average Bonchev–Trinajstić information content (AvgIpc) is 2.82. The predicted molar refractivity (Wildman–Crippen MR) is 75.1 cm³/mol.